The average molecular weight is 282 g/mol. The third-order valence-electron chi connectivity index (χ3n) is 2.74. The Morgan fingerprint density at radius 1 is 1.25 bits per heavy atom. The number of nitrogens with zero attached hydrogens (tertiary/aromatic N) is 1. The van der Waals surface area contributed by atoms with E-state index in [9.17, 15) is 9.59 Å². The lowest BCUT2D eigenvalue weighted by Crippen LogP contribution is -2.28. The zero-order valence-corrected chi connectivity index (χ0v) is 12.0. The summed E-state index contributed by atoms with van der Waals surface area (Å²) >= 11 is 0. The summed E-state index contributed by atoms with van der Waals surface area (Å²) in [7, 11) is 0. The fraction of sp³-hybridized carbons (Fsp3) is 0.571. The van der Waals surface area contributed by atoms with Crippen LogP contribution in [0.3, 0.4) is 0 Å². The number of hydrogen-bond acceptors (Lipinski definition) is 4. The van der Waals surface area contributed by atoms with Crippen molar-refractivity contribution in [3.05, 3.63) is 23.7 Å². The Balaban J connectivity index is 2.57. The lowest BCUT2D eigenvalue weighted by molar-refractivity contribution is -0.135. The van der Waals surface area contributed by atoms with E-state index in [1.165, 1.54) is 0 Å². The van der Waals surface area contributed by atoms with Crippen LogP contribution >= 0.6 is 0 Å². The van der Waals surface area contributed by atoms with Gasteiger partial charge in [0.1, 0.15) is 12.3 Å². The predicted octanol–water partition coefficient (Wildman–Crippen LogP) is 1.72. The van der Waals surface area contributed by atoms with Gasteiger partial charge in [-0.25, -0.2) is 0 Å². The summed E-state index contributed by atoms with van der Waals surface area (Å²) in [5.74, 6) is -0.722. The van der Waals surface area contributed by atoms with Crippen LogP contribution in [0.25, 0.3) is 0 Å². The highest BCUT2D eigenvalue weighted by molar-refractivity contribution is 5.93. The molecule has 1 amide bonds. The van der Waals surface area contributed by atoms with E-state index in [0.717, 1.165) is 25.9 Å². The van der Waals surface area contributed by atoms with Gasteiger partial charge in [-0.2, -0.15) is 0 Å². The van der Waals surface area contributed by atoms with Gasteiger partial charge in [0.2, 0.25) is 0 Å². The van der Waals surface area contributed by atoms with Crippen molar-refractivity contribution < 1.29 is 19.1 Å². The largest absolute Gasteiger partial charge is 0.480 e. The molecule has 1 aromatic heterocycles. The van der Waals surface area contributed by atoms with Crippen molar-refractivity contribution in [2.75, 3.05) is 19.6 Å². The van der Waals surface area contributed by atoms with E-state index in [1.54, 1.807) is 12.1 Å². The second-order valence-electron chi connectivity index (χ2n) is 4.62. The number of furan rings is 1. The van der Waals surface area contributed by atoms with Crippen molar-refractivity contribution in [2.45, 2.75) is 33.2 Å². The molecule has 0 spiro atoms. The molecule has 1 aromatic rings. The Morgan fingerprint density at radius 2 is 1.90 bits per heavy atom. The first kappa shape index (κ1) is 16.2. The number of carbonyl (C=O) groups excluding carboxylic acids is 1. The van der Waals surface area contributed by atoms with E-state index in [0.29, 0.717) is 12.3 Å². The third-order valence-corrected chi connectivity index (χ3v) is 2.74. The average Bonchev–Trinajstić information content (AvgIpc) is 2.85. The monoisotopic (exact) mass is 282 g/mol. The molecule has 0 bridgehead atoms. The van der Waals surface area contributed by atoms with Gasteiger partial charge in [0, 0.05) is 0 Å². The lowest BCUT2D eigenvalue weighted by atomic mass is 10.3. The molecule has 0 aliphatic carbocycles. The number of amides is 1. The molecule has 0 radical (unpaired) electrons. The fourth-order valence-corrected chi connectivity index (χ4v) is 1.95. The summed E-state index contributed by atoms with van der Waals surface area (Å²) in [6.45, 7) is 6.45. The smallest absolute Gasteiger partial charge is 0.322 e. The van der Waals surface area contributed by atoms with E-state index >= 15 is 0 Å². The molecule has 0 aliphatic heterocycles. The van der Waals surface area contributed by atoms with E-state index in [2.05, 4.69) is 24.1 Å². The number of nitrogens with one attached hydrogen (secondary N) is 1. The van der Waals surface area contributed by atoms with Gasteiger partial charge < -0.3 is 14.8 Å². The summed E-state index contributed by atoms with van der Waals surface area (Å²) in [6, 6.07) is 3.33. The van der Waals surface area contributed by atoms with Crippen LogP contribution in [0.4, 0.5) is 0 Å². The van der Waals surface area contributed by atoms with E-state index in [4.69, 9.17) is 9.52 Å². The van der Waals surface area contributed by atoms with Gasteiger partial charge in [0.05, 0.1) is 6.54 Å². The van der Waals surface area contributed by atoms with Crippen molar-refractivity contribution in [3.63, 3.8) is 0 Å². The number of carbonyl (C=O) groups is 2. The molecular formula is C14H22N2O4. The minimum Gasteiger partial charge on any atom is -0.480 e. The van der Waals surface area contributed by atoms with Crippen molar-refractivity contribution in [1.29, 1.82) is 0 Å². The van der Waals surface area contributed by atoms with Crippen LogP contribution in [0.15, 0.2) is 16.5 Å². The number of hydrogen-bond donors (Lipinski definition) is 2. The summed E-state index contributed by atoms with van der Waals surface area (Å²) in [5.41, 5.74) is 0. The second kappa shape index (κ2) is 8.37. The second-order valence-corrected chi connectivity index (χ2v) is 4.62. The minimum absolute atomic E-state index is 0.147. The quantitative estimate of drug-likeness (QED) is 0.720. The maximum atomic E-state index is 11.6. The maximum Gasteiger partial charge on any atom is 0.322 e. The lowest BCUT2D eigenvalue weighted by Gasteiger charge is -2.19. The molecule has 0 saturated heterocycles. The molecule has 0 fully saturated rings. The van der Waals surface area contributed by atoms with Crippen LogP contribution in [-0.2, 0) is 11.3 Å². The van der Waals surface area contributed by atoms with E-state index in [1.807, 2.05) is 0 Å². The number of carboxylic acid groups (broad SMARTS) is 1. The zero-order valence-electron chi connectivity index (χ0n) is 12.0. The number of carboxylic acids is 1. The standard InChI is InChI=1S/C14H22N2O4/c1-3-7-16(8-4-2)10-11-5-6-12(20-11)14(19)15-9-13(17)18/h5-6H,3-4,7-10H2,1-2H3,(H,15,19)(H,17,18). The summed E-state index contributed by atoms with van der Waals surface area (Å²) in [4.78, 5) is 24.3. The molecule has 0 saturated carbocycles. The van der Waals surface area contributed by atoms with Crippen molar-refractivity contribution in [2.24, 2.45) is 0 Å². The van der Waals surface area contributed by atoms with Crippen LogP contribution in [0.5, 0.6) is 0 Å². The van der Waals surface area contributed by atoms with Crippen LogP contribution < -0.4 is 5.32 Å². The summed E-state index contributed by atoms with van der Waals surface area (Å²) in [5, 5.41) is 10.8. The first-order valence-corrected chi connectivity index (χ1v) is 6.87. The molecule has 0 aliphatic rings. The molecular weight excluding hydrogens is 260 g/mol. The molecule has 1 rings (SSSR count). The summed E-state index contributed by atoms with van der Waals surface area (Å²) < 4.78 is 5.45. The van der Waals surface area contributed by atoms with Crippen LogP contribution in [0.1, 0.15) is 43.0 Å². The first-order valence-electron chi connectivity index (χ1n) is 6.87. The number of rotatable bonds is 9. The van der Waals surface area contributed by atoms with Crippen LogP contribution in [-0.4, -0.2) is 41.5 Å². The Labute approximate surface area is 118 Å². The molecule has 0 aromatic carbocycles. The Bertz CT molecular complexity index is 436. The topological polar surface area (TPSA) is 82.8 Å². The molecule has 2 N–H and O–H groups in total. The van der Waals surface area contributed by atoms with Crippen molar-refractivity contribution >= 4 is 11.9 Å². The van der Waals surface area contributed by atoms with Gasteiger partial charge in [0.15, 0.2) is 5.76 Å². The van der Waals surface area contributed by atoms with E-state index in [-0.39, 0.29) is 5.76 Å². The molecule has 6 nitrogen and oxygen atoms in total. The maximum absolute atomic E-state index is 11.6. The molecule has 0 atom stereocenters. The Hall–Kier alpha value is -1.82. The van der Waals surface area contributed by atoms with Gasteiger partial charge >= 0.3 is 5.97 Å². The highest BCUT2D eigenvalue weighted by Crippen LogP contribution is 2.11. The molecule has 1 heterocycles. The SMILES string of the molecule is CCCN(CCC)Cc1ccc(C(=O)NCC(=O)O)o1. The number of aliphatic carboxylic acids is 1. The van der Waals surface area contributed by atoms with Crippen molar-refractivity contribution in [3.8, 4) is 0 Å². The normalized spacial score (nSPS) is 10.8. The van der Waals surface area contributed by atoms with Crippen LogP contribution in [0, 0.1) is 0 Å². The van der Waals surface area contributed by atoms with Gasteiger partial charge in [0.25, 0.3) is 5.91 Å². The third kappa shape index (κ3) is 5.44. The molecule has 112 valence electrons. The highest BCUT2D eigenvalue weighted by atomic mass is 16.4. The molecule has 6 heteroatoms. The van der Waals surface area contributed by atoms with Gasteiger partial charge in [-0.15, -0.1) is 0 Å². The molecule has 20 heavy (non-hydrogen) atoms. The van der Waals surface area contributed by atoms with Gasteiger partial charge in [-0.05, 0) is 38.1 Å². The molecule has 0 unspecified atom stereocenters. The minimum atomic E-state index is -1.08. The first-order chi connectivity index (χ1) is 9.56. The van der Waals surface area contributed by atoms with Gasteiger partial charge in [-0.1, -0.05) is 13.8 Å². The van der Waals surface area contributed by atoms with E-state index < -0.39 is 18.4 Å². The van der Waals surface area contributed by atoms with Crippen molar-refractivity contribution in [1.82, 2.24) is 10.2 Å². The Morgan fingerprint density at radius 3 is 2.45 bits per heavy atom. The van der Waals surface area contributed by atoms with Crippen LogP contribution in [0.2, 0.25) is 0 Å². The predicted molar refractivity (Wildman–Crippen MR) is 74.5 cm³/mol. The zero-order chi connectivity index (χ0) is 15.0. The highest BCUT2D eigenvalue weighted by Gasteiger charge is 2.13. The summed E-state index contributed by atoms with van der Waals surface area (Å²) in [6.07, 6.45) is 2.12. The Kier molecular flexibility index (Phi) is 6.79. The fourth-order valence-electron chi connectivity index (χ4n) is 1.95. The van der Waals surface area contributed by atoms with Gasteiger partial charge in [-0.3, -0.25) is 14.5 Å².